The molecule has 0 saturated heterocycles. The summed E-state index contributed by atoms with van der Waals surface area (Å²) in [5, 5.41) is 8.85. The Bertz CT molecular complexity index is 307. The third-order valence-corrected chi connectivity index (χ3v) is 2.36. The van der Waals surface area contributed by atoms with Gasteiger partial charge in [-0.1, -0.05) is 19.1 Å². The number of carboxylic acid groups (broad SMARTS) is 1. The van der Waals surface area contributed by atoms with E-state index in [0.29, 0.717) is 10.0 Å². The van der Waals surface area contributed by atoms with Gasteiger partial charge in [0.25, 0.3) is 0 Å². The molecular formula is C9H9BrO2. The zero-order valence-corrected chi connectivity index (χ0v) is 8.26. The van der Waals surface area contributed by atoms with E-state index in [1.807, 2.05) is 19.1 Å². The van der Waals surface area contributed by atoms with Gasteiger partial charge in [-0.3, -0.25) is 0 Å². The predicted molar refractivity (Wildman–Crippen MR) is 50.5 cm³/mol. The van der Waals surface area contributed by atoms with Crippen LogP contribution in [-0.4, -0.2) is 11.1 Å². The molecule has 0 atom stereocenters. The van der Waals surface area contributed by atoms with Crippen molar-refractivity contribution >= 4 is 21.9 Å². The summed E-state index contributed by atoms with van der Waals surface area (Å²) in [5.41, 5.74) is 1.23. The van der Waals surface area contributed by atoms with Crippen molar-refractivity contribution in [1.82, 2.24) is 0 Å². The molecule has 0 radical (unpaired) electrons. The molecule has 0 spiro atoms. The highest BCUT2D eigenvalue weighted by Gasteiger charge is 2.11. The first-order chi connectivity index (χ1) is 5.66. The molecule has 1 aromatic carbocycles. The molecule has 0 aromatic heterocycles. The number of carboxylic acids is 1. The number of hydrogen-bond donors (Lipinski definition) is 1. The zero-order valence-electron chi connectivity index (χ0n) is 6.67. The Hall–Kier alpha value is -0.830. The summed E-state index contributed by atoms with van der Waals surface area (Å²) in [5.74, 6) is -0.876. The molecule has 0 amide bonds. The summed E-state index contributed by atoms with van der Waals surface area (Å²) in [7, 11) is 0. The van der Waals surface area contributed by atoms with E-state index in [4.69, 9.17) is 5.11 Å². The highest BCUT2D eigenvalue weighted by molar-refractivity contribution is 9.10. The summed E-state index contributed by atoms with van der Waals surface area (Å²) in [4.78, 5) is 10.8. The Morgan fingerprint density at radius 1 is 1.58 bits per heavy atom. The summed E-state index contributed by atoms with van der Waals surface area (Å²) >= 11 is 3.21. The van der Waals surface area contributed by atoms with Crippen molar-refractivity contribution < 1.29 is 9.90 Å². The minimum Gasteiger partial charge on any atom is -0.478 e. The van der Waals surface area contributed by atoms with E-state index in [9.17, 15) is 4.79 Å². The van der Waals surface area contributed by atoms with Gasteiger partial charge in [-0.2, -0.15) is 0 Å². The van der Waals surface area contributed by atoms with Gasteiger partial charge in [-0.05, 0) is 34.0 Å². The number of benzene rings is 1. The van der Waals surface area contributed by atoms with E-state index in [2.05, 4.69) is 15.9 Å². The van der Waals surface area contributed by atoms with Crippen molar-refractivity contribution in [3.05, 3.63) is 33.8 Å². The van der Waals surface area contributed by atoms with Gasteiger partial charge in [-0.15, -0.1) is 0 Å². The Balaban J connectivity index is 3.29. The molecular weight excluding hydrogens is 220 g/mol. The van der Waals surface area contributed by atoms with Crippen LogP contribution in [0.3, 0.4) is 0 Å². The van der Waals surface area contributed by atoms with Crippen LogP contribution in [0.2, 0.25) is 0 Å². The fourth-order valence-corrected chi connectivity index (χ4v) is 1.68. The number of hydrogen-bond acceptors (Lipinski definition) is 1. The Labute approximate surface area is 79.3 Å². The number of halogens is 1. The zero-order chi connectivity index (χ0) is 9.14. The topological polar surface area (TPSA) is 37.3 Å². The number of carbonyl (C=O) groups is 1. The van der Waals surface area contributed by atoms with Crippen LogP contribution < -0.4 is 0 Å². The van der Waals surface area contributed by atoms with Crippen molar-refractivity contribution in [3.63, 3.8) is 0 Å². The van der Waals surface area contributed by atoms with Gasteiger partial charge in [0.2, 0.25) is 0 Å². The van der Waals surface area contributed by atoms with Crippen LogP contribution in [0.1, 0.15) is 22.8 Å². The lowest BCUT2D eigenvalue weighted by molar-refractivity contribution is 0.0694. The monoisotopic (exact) mass is 228 g/mol. The summed E-state index contributed by atoms with van der Waals surface area (Å²) in [6, 6.07) is 5.41. The van der Waals surface area contributed by atoms with Gasteiger partial charge >= 0.3 is 5.97 Å². The number of rotatable bonds is 2. The van der Waals surface area contributed by atoms with Crippen molar-refractivity contribution in [3.8, 4) is 0 Å². The Morgan fingerprint density at radius 2 is 2.25 bits per heavy atom. The van der Waals surface area contributed by atoms with Gasteiger partial charge in [0, 0.05) is 4.47 Å². The summed E-state index contributed by atoms with van der Waals surface area (Å²) in [6.45, 7) is 1.94. The minimum absolute atomic E-state index is 0.375. The smallest absolute Gasteiger partial charge is 0.337 e. The molecule has 12 heavy (non-hydrogen) atoms. The van der Waals surface area contributed by atoms with Gasteiger partial charge in [0.1, 0.15) is 0 Å². The van der Waals surface area contributed by atoms with Gasteiger partial charge in [0.05, 0.1) is 5.56 Å². The third-order valence-electron chi connectivity index (χ3n) is 1.69. The first-order valence-electron chi connectivity index (χ1n) is 3.67. The number of aromatic carboxylic acids is 1. The molecule has 0 saturated carbocycles. The molecule has 0 heterocycles. The molecule has 0 fully saturated rings. The van der Waals surface area contributed by atoms with Crippen molar-refractivity contribution in [2.75, 3.05) is 0 Å². The van der Waals surface area contributed by atoms with Crippen LogP contribution in [0.15, 0.2) is 22.7 Å². The molecule has 1 aromatic rings. The maximum atomic E-state index is 10.8. The van der Waals surface area contributed by atoms with E-state index >= 15 is 0 Å². The first-order valence-corrected chi connectivity index (χ1v) is 4.46. The van der Waals surface area contributed by atoms with E-state index in [1.165, 1.54) is 0 Å². The van der Waals surface area contributed by atoms with Crippen molar-refractivity contribution in [2.24, 2.45) is 0 Å². The summed E-state index contributed by atoms with van der Waals surface area (Å²) < 4.78 is 0.648. The second-order valence-corrected chi connectivity index (χ2v) is 3.29. The van der Waals surface area contributed by atoms with E-state index < -0.39 is 5.97 Å². The fraction of sp³-hybridized carbons (Fsp3) is 0.222. The molecule has 0 unspecified atom stereocenters. The minimum atomic E-state index is -0.876. The second kappa shape index (κ2) is 3.72. The highest BCUT2D eigenvalue weighted by atomic mass is 79.9. The van der Waals surface area contributed by atoms with Crippen LogP contribution in [0.5, 0.6) is 0 Å². The molecule has 1 N–H and O–H groups in total. The average Bonchev–Trinajstić information content (AvgIpc) is 2.03. The normalized spacial score (nSPS) is 9.83. The SMILES string of the molecule is CCc1cccc(Br)c1C(=O)O. The Morgan fingerprint density at radius 3 is 2.67 bits per heavy atom. The Kier molecular flexibility index (Phi) is 2.87. The molecule has 3 heteroatoms. The molecule has 1 rings (SSSR count). The molecule has 64 valence electrons. The maximum Gasteiger partial charge on any atom is 0.337 e. The van der Waals surface area contributed by atoms with Crippen LogP contribution in [0.25, 0.3) is 0 Å². The lowest BCUT2D eigenvalue weighted by Gasteiger charge is -2.04. The summed E-state index contributed by atoms with van der Waals surface area (Å²) in [6.07, 6.45) is 0.737. The molecule has 0 aliphatic carbocycles. The van der Waals surface area contributed by atoms with Gasteiger partial charge in [0.15, 0.2) is 0 Å². The largest absolute Gasteiger partial charge is 0.478 e. The van der Waals surface area contributed by atoms with Crippen LogP contribution >= 0.6 is 15.9 Å². The van der Waals surface area contributed by atoms with Crippen LogP contribution in [0.4, 0.5) is 0 Å². The highest BCUT2D eigenvalue weighted by Crippen LogP contribution is 2.20. The first kappa shape index (κ1) is 9.26. The van der Waals surface area contributed by atoms with Gasteiger partial charge < -0.3 is 5.11 Å². The predicted octanol–water partition coefficient (Wildman–Crippen LogP) is 2.71. The van der Waals surface area contributed by atoms with Crippen LogP contribution in [0, 0.1) is 0 Å². The fourth-order valence-electron chi connectivity index (χ4n) is 1.10. The van der Waals surface area contributed by atoms with Crippen molar-refractivity contribution in [2.45, 2.75) is 13.3 Å². The average molecular weight is 229 g/mol. The van der Waals surface area contributed by atoms with E-state index in [-0.39, 0.29) is 0 Å². The quantitative estimate of drug-likeness (QED) is 0.846. The lowest BCUT2D eigenvalue weighted by atomic mass is 10.1. The standard InChI is InChI=1S/C9H9BrO2/c1-2-6-4-3-5-7(10)8(6)9(11)12/h3-5H,2H2,1H3,(H,11,12). The maximum absolute atomic E-state index is 10.8. The van der Waals surface area contributed by atoms with E-state index in [0.717, 1.165) is 12.0 Å². The second-order valence-electron chi connectivity index (χ2n) is 2.43. The number of aryl methyl sites for hydroxylation is 1. The van der Waals surface area contributed by atoms with Crippen molar-refractivity contribution in [1.29, 1.82) is 0 Å². The molecule has 0 bridgehead atoms. The molecule has 0 aliphatic rings. The van der Waals surface area contributed by atoms with Crippen LogP contribution in [-0.2, 0) is 6.42 Å². The molecule has 0 aliphatic heterocycles. The van der Waals surface area contributed by atoms with E-state index in [1.54, 1.807) is 6.07 Å². The molecule has 2 nitrogen and oxygen atoms in total. The lowest BCUT2D eigenvalue weighted by Crippen LogP contribution is -2.02. The van der Waals surface area contributed by atoms with Gasteiger partial charge in [-0.25, -0.2) is 4.79 Å². The third kappa shape index (κ3) is 1.67.